The number of oxime groups is 1. The van der Waals surface area contributed by atoms with Gasteiger partial charge >= 0.3 is 17.9 Å². The fraction of sp³-hybridized carbons (Fsp3) is 0.908. The Bertz CT molecular complexity index is 3290. The third-order valence-corrected chi connectivity index (χ3v) is 27.8. The minimum Gasteiger partial charge on any atom is -0.481 e. The Labute approximate surface area is 654 Å². The van der Waals surface area contributed by atoms with Gasteiger partial charge in [0.2, 0.25) is 12.2 Å². The number of carboxylic acid groups (broad SMARTS) is 2. The van der Waals surface area contributed by atoms with Gasteiger partial charge < -0.3 is 159 Å². The summed E-state index contributed by atoms with van der Waals surface area (Å²) in [6, 6.07) is -1.46. The number of hydrogen-bond acceptors (Lipinski definition) is 34. The molecule has 0 bridgehead atoms. The predicted octanol–water partition coefficient (Wildman–Crippen LogP) is -2.47. The summed E-state index contributed by atoms with van der Waals surface area (Å²) in [5.74, 6) is -5.49. The number of carboxylic acids is 2. The van der Waals surface area contributed by atoms with Crippen LogP contribution in [0.1, 0.15) is 170 Å². The molecule has 37 nitrogen and oxygen atoms in total. The summed E-state index contributed by atoms with van der Waals surface area (Å²) in [6.45, 7) is 10.9. The molecule has 6 saturated heterocycles. The van der Waals surface area contributed by atoms with Crippen LogP contribution in [-0.4, -0.2) is 338 Å². The van der Waals surface area contributed by atoms with E-state index in [1.54, 1.807) is 6.92 Å². The summed E-state index contributed by atoms with van der Waals surface area (Å²) in [6.07, 6.45) is -40.1. The van der Waals surface area contributed by atoms with E-state index in [4.69, 9.17) is 61.9 Å². The van der Waals surface area contributed by atoms with Gasteiger partial charge in [0.25, 0.3) is 0 Å². The average Bonchev–Trinajstić information content (AvgIpc) is 0.669. The number of amides is 1. The number of carbonyl (C=O) groups excluding carboxylic acids is 2. The SMILES string of the molecule is CC1O[C@@H](OC2C(O)C(NC(=O)CCCCCCCCCCC(=O)O)[C@H](CO)O[C@H]2OC(=O)[C@]23CCC(C)(C)CC2C2=CCC4C5(C)CC[C@H](O[C@@H]6OC(C(=O)O)[C@@H](O)[C@H](O[C@@H]7OC[C@@H](O)[C@H](O)C7O)C6O[C@@H]6OC(CO)[C@H](O)[C@H](O)C6O)[C@](C)(/C=N/O)[C@@H]5CCC4(C)[C@]2(C)CC3O)C(O)C(O)[C@H]1O[C@@H]1OC[C@@H](O)C(O)C1O. The van der Waals surface area contributed by atoms with E-state index in [9.17, 15) is 106 Å². The highest BCUT2D eigenvalue weighted by Gasteiger charge is 2.73. The van der Waals surface area contributed by atoms with Crippen LogP contribution in [0.3, 0.4) is 0 Å². The van der Waals surface area contributed by atoms with Crippen molar-refractivity contribution in [2.75, 3.05) is 26.4 Å². The zero-order valence-corrected chi connectivity index (χ0v) is 64.9. The smallest absolute Gasteiger partial charge is 0.335 e. The van der Waals surface area contributed by atoms with Crippen molar-refractivity contribution in [3.63, 3.8) is 0 Å². The van der Waals surface area contributed by atoms with E-state index >= 15 is 4.79 Å². The number of nitrogens with zero attached hydrogens (tertiary/aromatic N) is 1. The Hall–Kier alpha value is -3.99. The Balaban J connectivity index is 0.862. The van der Waals surface area contributed by atoms with Crippen LogP contribution in [0.5, 0.6) is 0 Å². The molecule has 37 heteroatoms. The van der Waals surface area contributed by atoms with Crippen LogP contribution >= 0.6 is 0 Å². The quantitative estimate of drug-likeness (QED) is 0.00734. The number of allylic oxidation sites excluding steroid dienone is 2. The second kappa shape index (κ2) is 36.1. The van der Waals surface area contributed by atoms with Crippen molar-refractivity contribution < 1.29 is 173 Å². The van der Waals surface area contributed by atoms with Crippen LogP contribution in [0.4, 0.5) is 0 Å². The Morgan fingerprint density at radius 1 is 0.540 bits per heavy atom. The van der Waals surface area contributed by atoms with Gasteiger partial charge in [-0.15, -0.1) is 5.16 Å². The van der Waals surface area contributed by atoms with Crippen LogP contribution in [0.2, 0.25) is 0 Å². The first-order chi connectivity index (χ1) is 53.3. The predicted molar refractivity (Wildman–Crippen MR) is 381 cm³/mol. The van der Waals surface area contributed by atoms with Gasteiger partial charge in [0.05, 0.1) is 57.0 Å². The molecule has 11 aliphatic rings. The van der Waals surface area contributed by atoms with E-state index in [0.29, 0.717) is 57.8 Å². The van der Waals surface area contributed by atoms with E-state index < -0.39 is 279 Å². The van der Waals surface area contributed by atoms with Crippen LogP contribution in [0.15, 0.2) is 16.8 Å². The third-order valence-electron chi connectivity index (χ3n) is 27.8. The number of aliphatic hydroxyl groups excluding tert-OH is 16. The molecule has 0 aromatic heterocycles. The second-order valence-corrected chi connectivity index (χ2v) is 35.2. The summed E-state index contributed by atoms with van der Waals surface area (Å²) in [5, 5.41) is 216. The first kappa shape index (κ1) is 89.8. The number of rotatable bonds is 28. The molecule has 0 radical (unpaired) electrons. The van der Waals surface area contributed by atoms with Crippen LogP contribution < -0.4 is 5.32 Å². The number of unbranched alkanes of at least 4 members (excludes halogenated alkanes) is 7. The molecule has 5 aliphatic carbocycles. The van der Waals surface area contributed by atoms with E-state index in [0.717, 1.165) is 37.7 Å². The zero-order valence-electron chi connectivity index (χ0n) is 64.9. The van der Waals surface area contributed by atoms with E-state index in [1.807, 2.05) is 0 Å². The van der Waals surface area contributed by atoms with E-state index in [-0.39, 0.29) is 38.0 Å². The van der Waals surface area contributed by atoms with Crippen LogP contribution in [-0.2, 0) is 76.0 Å². The molecule has 18 unspecified atom stereocenters. The molecule has 6 heterocycles. The number of aliphatic hydroxyl groups is 16. The molecule has 0 spiro atoms. The number of hydrogen-bond donors (Lipinski definition) is 20. The van der Waals surface area contributed by atoms with Gasteiger partial charge in [-0.2, -0.15) is 0 Å². The van der Waals surface area contributed by atoms with Gasteiger partial charge in [-0.25, -0.2) is 4.79 Å². The lowest BCUT2D eigenvalue weighted by atomic mass is 9.33. The normalized spacial score (nSPS) is 48.6. The number of aliphatic carboxylic acids is 2. The summed E-state index contributed by atoms with van der Waals surface area (Å²) in [4.78, 5) is 54.0. The van der Waals surface area contributed by atoms with E-state index in [1.165, 1.54) is 13.1 Å². The number of ether oxygens (including phenoxy) is 12. The Kier molecular flexibility index (Phi) is 28.7. The average molecular weight is 1620 g/mol. The lowest BCUT2D eigenvalue weighted by molar-refractivity contribution is -0.391. The first-order valence-corrected chi connectivity index (χ1v) is 40.0. The highest BCUT2D eigenvalue weighted by Crippen LogP contribution is 2.76. The van der Waals surface area contributed by atoms with Crippen LogP contribution in [0.25, 0.3) is 0 Å². The first-order valence-electron chi connectivity index (χ1n) is 40.0. The highest BCUT2D eigenvalue weighted by molar-refractivity contribution is 5.80. The van der Waals surface area contributed by atoms with Gasteiger partial charge in [0, 0.05) is 18.3 Å². The van der Waals surface area contributed by atoms with Crippen molar-refractivity contribution in [1.82, 2.24) is 5.32 Å². The van der Waals surface area contributed by atoms with Gasteiger partial charge in [-0.05, 0) is 117 Å². The monoisotopic (exact) mass is 1620 g/mol. The van der Waals surface area contributed by atoms with Crippen molar-refractivity contribution in [3.05, 3.63) is 11.6 Å². The maximum absolute atomic E-state index is 16.1. The van der Waals surface area contributed by atoms with Crippen molar-refractivity contribution in [2.45, 2.75) is 355 Å². The fourth-order valence-corrected chi connectivity index (χ4v) is 21.0. The molecule has 38 atom stereocenters. The molecule has 20 N–H and O–H groups in total. The van der Waals surface area contributed by atoms with Crippen molar-refractivity contribution >= 4 is 30.0 Å². The molecule has 113 heavy (non-hydrogen) atoms. The zero-order chi connectivity index (χ0) is 82.5. The second-order valence-electron chi connectivity index (χ2n) is 35.2. The minimum atomic E-state index is -2.23. The number of carbonyl (C=O) groups is 4. The van der Waals surface area contributed by atoms with Gasteiger partial charge in [-0.1, -0.05) is 91.7 Å². The highest BCUT2D eigenvalue weighted by atomic mass is 16.8. The maximum Gasteiger partial charge on any atom is 0.335 e. The molecule has 10 fully saturated rings. The van der Waals surface area contributed by atoms with Gasteiger partial charge in [-0.3, -0.25) is 14.4 Å². The number of esters is 1. The van der Waals surface area contributed by atoms with Crippen molar-refractivity contribution in [1.29, 1.82) is 0 Å². The molecular weight excluding hydrogens is 1500 g/mol. The Morgan fingerprint density at radius 2 is 1.10 bits per heavy atom. The summed E-state index contributed by atoms with van der Waals surface area (Å²) in [5.41, 5.74) is -4.87. The molecule has 4 saturated carbocycles. The lowest BCUT2D eigenvalue weighted by Gasteiger charge is -2.71. The van der Waals surface area contributed by atoms with E-state index in [2.05, 4.69) is 51.2 Å². The van der Waals surface area contributed by atoms with Gasteiger partial charge in [0.15, 0.2) is 43.7 Å². The third kappa shape index (κ3) is 17.4. The Morgan fingerprint density at radius 3 is 1.70 bits per heavy atom. The molecule has 6 aliphatic heterocycles. The standard InChI is InChI=1S/C76H122N2O35/c1-33-58(108-64-53(93)47(87)36(81)30-102-64)52(92)56(96)66(104-33)111-61-50(90)46(78-44(84)16-14-12-10-8-9-11-13-15-17-45(85)86)38(28-79)105-68(61)113-70(100)76-25-24-71(2,3)26-35(76)34-18-19-41-72(4)22-21-43(73(5,32-77-101)40(72)20-23-74(41,6)75(34,7)27-42(76)83)107-69-62(112-67-55(95)51(91)49(89)39(29-80)106-67)59(57(97)60(110-69)63(98)99)109-65-54(94)48(88)37(82)31-103-65/h18,32-33,35-43,46-62,64-69,79-83,87-97,101H,8-17,19-31H2,1-7H3,(H,78,84)(H,85,86)(H,98,99)/b77-32+/t33?,35?,36-,37-,38+,39?,40-,41?,42?,43+,46?,47?,48+,49+,50?,51+,52?,53?,54?,55?,56?,57+,58+,59+,60?,61?,62?,64+,65+,66+,67+,68+,69-,72?,73-,74?,75-,76-/m1/s1. The van der Waals surface area contributed by atoms with Crippen molar-refractivity contribution in [3.8, 4) is 0 Å². The molecular formula is C76H122N2O35. The molecule has 11 rings (SSSR count). The number of fused-ring (bicyclic) bond motifs is 7. The molecule has 0 aromatic carbocycles. The summed E-state index contributed by atoms with van der Waals surface area (Å²) >= 11 is 0. The topological polar surface area (TPSA) is 588 Å². The fourth-order valence-electron chi connectivity index (χ4n) is 21.0. The molecule has 1 amide bonds. The number of nitrogens with one attached hydrogen (secondary N) is 1. The lowest BCUT2D eigenvalue weighted by Crippen LogP contribution is -2.70. The summed E-state index contributed by atoms with van der Waals surface area (Å²) < 4.78 is 73.3. The largest absolute Gasteiger partial charge is 0.481 e. The molecule has 646 valence electrons. The molecule has 0 aromatic rings. The van der Waals surface area contributed by atoms with Crippen molar-refractivity contribution in [2.24, 2.45) is 55.4 Å². The summed E-state index contributed by atoms with van der Waals surface area (Å²) in [7, 11) is 0. The maximum atomic E-state index is 16.1. The minimum absolute atomic E-state index is 0.0104. The van der Waals surface area contributed by atoms with Gasteiger partial charge in [0.1, 0.15) is 115 Å². The van der Waals surface area contributed by atoms with Crippen LogP contribution in [0, 0.1) is 50.2 Å².